The van der Waals surface area contributed by atoms with Crippen LogP contribution >= 0.6 is 0 Å². The van der Waals surface area contributed by atoms with Gasteiger partial charge >= 0.3 is 0 Å². The summed E-state index contributed by atoms with van der Waals surface area (Å²) in [4.78, 5) is 8.75. The van der Waals surface area contributed by atoms with Gasteiger partial charge in [-0.3, -0.25) is 0 Å². The van der Waals surface area contributed by atoms with E-state index in [0.717, 1.165) is 17.1 Å². The summed E-state index contributed by atoms with van der Waals surface area (Å²) in [6.45, 7) is 0. The van der Waals surface area contributed by atoms with Crippen molar-refractivity contribution in [1.82, 2.24) is 4.98 Å². The Balaban J connectivity index is 1.52. The lowest BCUT2D eigenvalue weighted by Crippen LogP contribution is -2.79. The lowest BCUT2D eigenvalue weighted by atomic mass is 10.1. The number of aromatic nitrogens is 1. The third kappa shape index (κ3) is 3.39. The molecule has 2 aliphatic heterocycles. The molecule has 6 heteroatoms. The number of hydrogen-bond donors (Lipinski definition) is 0. The molecule has 43 heavy (non-hydrogen) atoms. The first kappa shape index (κ1) is 24.8. The van der Waals surface area contributed by atoms with E-state index in [9.17, 15) is 10.5 Å². The Morgan fingerprint density at radius 1 is 0.488 bits per heavy atom. The van der Waals surface area contributed by atoms with Crippen molar-refractivity contribution < 1.29 is 0 Å². The van der Waals surface area contributed by atoms with Crippen LogP contribution in [0.2, 0.25) is 0 Å². The molecule has 200 valence electrons. The van der Waals surface area contributed by atoms with Gasteiger partial charge in [-0.15, -0.1) is 0 Å². The van der Waals surface area contributed by atoms with Crippen molar-refractivity contribution in [2.24, 2.45) is 0 Å². The van der Waals surface area contributed by atoms with Crippen molar-refractivity contribution in [3.05, 3.63) is 151 Å². The van der Waals surface area contributed by atoms with E-state index in [1.807, 2.05) is 0 Å². The van der Waals surface area contributed by atoms with Crippen LogP contribution < -0.4 is 30.5 Å². The molecule has 0 fully saturated rings. The maximum absolute atomic E-state index is 10.2. The molecular formula is C37H23N5Si. The summed E-state index contributed by atoms with van der Waals surface area (Å²) in [6.07, 6.45) is 1.50. The van der Waals surface area contributed by atoms with Gasteiger partial charge in [0.15, 0.2) is 8.07 Å². The van der Waals surface area contributed by atoms with Crippen molar-refractivity contribution in [2.75, 3.05) is 9.80 Å². The standard InChI is InChI=1S/C37H23N5Si/c38-23-26-25-40-27(24-39)22-33(26)42-31-16-6-10-20-36(31)43(37-21-11-7-17-32(37)42)34-18-8-4-14-29(34)41(28-12-2-1-3-13-28)30-15-5-9-19-35(30)43/h1-22,25H. The molecule has 1 aromatic heterocycles. The number of para-hydroxylation sites is 5. The van der Waals surface area contributed by atoms with Gasteiger partial charge in [-0.2, -0.15) is 10.5 Å². The van der Waals surface area contributed by atoms with Gasteiger partial charge in [-0.25, -0.2) is 4.98 Å². The number of rotatable bonds is 2. The maximum Gasteiger partial charge on any atom is 0.188 e. The topological polar surface area (TPSA) is 67.0 Å². The highest BCUT2D eigenvalue weighted by molar-refractivity contribution is 7.23. The van der Waals surface area contributed by atoms with E-state index in [2.05, 4.69) is 154 Å². The quantitative estimate of drug-likeness (QED) is 0.249. The fourth-order valence-corrected chi connectivity index (χ4v) is 12.4. The highest BCUT2D eigenvalue weighted by Crippen LogP contribution is 2.44. The number of benzene rings is 5. The van der Waals surface area contributed by atoms with Crippen LogP contribution in [0.1, 0.15) is 11.3 Å². The number of nitrogens with zero attached hydrogens (tertiary/aromatic N) is 5. The Morgan fingerprint density at radius 3 is 1.40 bits per heavy atom. The second-order valence-corrected chi connectivity index (χ2v) is 14.3. The fourth-order valence-electron chi connectivity index (χ4n) is 6.96. The first-order valence-corrected chi connectivity index (χ1v) is 16.1. The number of nitriles is 2. The minimum atomic E-state index is -2.90. The summed E-state index contributed by atoms with van der Waals surface area (Å²) in [6, 6.07) is 51.5. The molecule has 6 aromatic rings. The largest absolute Gasteiger partial charge is 0.311 e. The zero-order valence-corrected chi connectivity index (χ0v) is 24.0. The molecule has 5 aromatic carbocycles. The zero-order valence-electron chi connectivity index (χ0n) is 23.0. The Kier molecular flexibility index (Phi) is 5.52. The van der Waals surface area contributed by atoms with Gasteiger partial charge in [0.1, 0.15) is 17.8 Å². The lowest BCUT2D eigenvalue weighted by Gasteiger charge is -2.50. The Hall–Kier alpha value is -5.95. The van der Waals surface area contributed by atoms with Crippen LogP contribution in [0.15, 0.2) is 140 Å². The van der Waals surface area contributed by atoms with Crippen LogP contribution in [0.25, 0.3) is 0 Å². The number of fused-ring (bicyclic) bond motifs is 8. The van der Waals surface area contributed by atoms with Crippen LogP contribution in [-0.4, -0.2) is 13.1 Å². The monoisotopic (exact) mass is 565 g/mol. The van der Waals surface area contributed by atoms with E-state index in [4.69, 9.17) is 0 Å². The van der Waals surface area contributed by atoms with Crippen molar-refractivity contribution in [1.29, 1.82) is 10.5 Å². The van der Waals surface area contributed by atoms with E-state index in [1.165, 1.54) is 38.3 Å². The average Bonchev–Trinajstić information content (AvgIpc) is 3.08. The van der Waals surface area contributed by atoms with Gasteiger partial charge in [-0.1, -0.05) is 91.0 Å². The molecule has 0 N–H and O–H groups in total. The van der Waals surface area contributed by atoms with Gasteiger partial charge in [-0.05, 0) is 57.1 Å². The van der Waals surface area contributed by atoms with Crippen LogP contribution in [-0.2, 0) is 0 Å². The summed E-state index contributed by atoms with van der Waals surface area (Å²) in [7, 11) is -2.90. The number of hydrogen-bond acceptors (Lipinski definition) is 5. The van der Waals surface area contributed by atoms with Crippen LogP contribution in [0.3, 0.4) is 0 Å². The van der Waals surface area contributed by atoms with Gasteiger partial charge in [0.25, 0.3) is 0 Å². The van der Waals surface area contributed by atoms with Crippen LogP contribution in [0.4, 0.5) is 34.1 Å². The van der Waals surface area contributed by atoms with Gasteiger partial charge in [0, 0.05) is 40.7 Å². The molecule has 0 radical (unpaired) electrons. The molecule has 0 bridgehead atoms. The minimum absolute atomic E-state index is 0.272. The van der Waals surface area contributed by atoms with Gasteiger partial charge in [0.2, 0.25) is 0 Å². The molecule has 5 nitrogen and oxygen atoms in total. The lowest BCUT2D eigenvalue weighted by molar-refractivity contribution is 1.20. The Morgan fingerprint density at radius 2 is 0.930 bits per heavy atom. The predicted octanol–water partition coefficient (Wildman–Crippen LogP) is 5.77. The summed E-state index contributed by atoms with van der Waals surface area (Å²) in [5.74, 6) is 0. The van der Waals surface area contributed by atoms with Crippen LogP contribution in [0, 0.1) is 22.7 Å². The molecule has 0 atom stereocenters. The molecule has 0 saturated heterocycles. The minimum Gasteiger partial charge on any atom is -0.311 e. The smallest absolute Gasteiger partial charge is 0.188 e. The SMILES string of the molecule is N#Cc1cc(N2c3ccccc3[Si]3(c4ccccc4N(c4ccccc4)c4ccccc43)c3ccccc32)c(C#N)cn1. The molecule has 3 heterocycles. The van der Waals surface area contributed by atoms with Crippen molar-refractivity contribution in [3.8, 4) is 12.1 Å². The van der Waals surface area contributed by atoms with Crippen LogP contribution in [0.5, 0.6) is 0 Å². The zero-order chi connectivity index (χ0) is 29.0. The molecule has 0 amide bonds. The van der Waals surface area contributed by atoms with Gasteiger partial charge in [0.05, 0.1) is 11.3 Å². The second kappa shape index (κ2) is 9.56. The summed E-state index contributed by atoms with van der Waals surface area (Å²) in [5.41, 5.74) is 6.82. The summed E-state index contributed by atoms with van der Waals surface area (Å²) < 4.78 is 0. The third-order valence-electron chi connectivity index (χ3n) is 8.57. The Labute approximate surface area is 250 Å². The highest BCUT2D eigenvalue weighted by atomic mass is 28.3. The van der Waals surface area contributed by atoms with Crippen molar-refractivity contribution >= 4 is 62.9 Å². The molecule has 0 aliphatic carbocycles. The number of pyridine rings is 1. The predicted molar refractivity (Wildman–Crippen MR) is 174 cm³/mol. The van der Waals surface area contributed by atoms with Crippen molar-refractivity contribution in [2.45, 2.75) is 0 Å². The Bertz CT molecular complexity index is 2050. The maximum atomic E-state index is 10.2. The third-order valence-corrected chi connectivity index (χ3v) is 13.5. The first-order valence-electron chi connectivity index (χ1n) is 14.1. The van der Waals surface area contributed by atoms with E-state index in [1.54, 1.807) is 6.07 Å². The van der Waals surface area contributed by atoms with E-state index < -0.39 is 8.07 Å². The molecule has 8 rings (SSSR count). The highest BCUT2D eigenvalue weighted by Gasteiger charge is 2.53. The van der Waals surface area contributed by atoms with E-state index >= 15 is 0 Å². The van der Waals surface area contributed by atoms with Crippen molar-refractivity contribution in [3.63, 3.8) is 0 Å². The second-order valence-electron chi connectivity index (χ2n) is 10.6. The molecule has 2 aliphatic rings. The molecule has 1 spiro atoms. The van der Waals surface area contributed by atoms with Gasteiger partial charge < -0.3 is 9.80 Å². The normalized spacial score (nSPS) is 13.6. The number of anilines is 6. The fraction of sp³-hybridized carbons (Fsp3) is 0. The molecule has 0 unspecified atom stereocenters. The summed E-state index contributed by atoms with van der Waals surface area (Å²) >= 11 is 0. The summed E-state index contributed by atoms with van der Waals surface area (Å²) in [5, 5.41) is 25.0. The molecule has 0 saturated carbocycles. The van der Waals surface area contributed by atoms with E-state index in [-0.39, 0.29) is 5.69 Å². The average molecular weight is 566 g/mol. The van der Waals surface area contributed by atoms with E-state index in [0.29, 0.717) is 11.3 Å². The first-order chi connectivity index (χ1) is 21.3. The molecular weight excluding hydrogens is 543 g/mol.